The smallest absolute Gasteiger partial charge is 0.256 e. The molecule has 2 aromatic heterocycles. The third-order valence-electron chi connectivity index (χ3n) is 6.42. The molecule has 1 fully saturated rings. The van der Waals surface area contributed by atoms with Gasteiger partial charge >= 0.3 is 0 Å². The summed E-state index contributed by atoms with van der Waals surface area (Å²) in [6.45, 7) is 6.81. The molecule has 5 nitrogen and oxygen atoms in total. The molecule has 0 spiro atoms. The summed E-state index contributed by atoms with van der Waals surface area (Å²) in [7, 11) is 0. The van der Waals surface area contributed by atoms with Crippen molar-refractivity contribution in [2.45, 2.75) is 65.3 Å². The van der Waals surface area contributed by atoms with E-state index in [1.165, 1.54) is 30.5 Å². The zero-order chi connectivity index (χ0) is 17.6. The average Bonchev–Trinajstić information content (AvgIpc) is 3.03. The molecule has 0 aliphatic heterocycles. The van der Waals surface area contributed by atoms with Crippen LogP contribution < -0.4 is 5.32 Å². The molecule has 2 aromatic rings. The molecule has 0 saturated heterocycles. The fraction of sp³-hybridized carbons (Fsp3) is 0.650. The highest BCUT2D eigenvalue weighted by molar-refractivity contribution is 5.99. The van der Waals surface area contributed by atoms with Crippen molar-refractivity contribution in [3.8, 4) is 0 Å². The molecular formula is C20H28N4O. The van der Waals surface area contributed by atoms with E-state index in [1.807, 2.05) is 10.7 Å². The Morgan fingerprint density at radius 2 is 2.04 bits per heavy atom. The van der Waals surface area contributed by atoms with Crippen molar-refractivity contribution in [1.29, 1.82) is 0 Å². The van der Waals surface area contributed by atoms with Crippen molar-refractivity contribution in [1.82, 2.24) is 19.9 Å². The van der Waals surface area contributed by atoms with E-state index in [4.69, 9.17) is 0 Å². The van der Waals surface area contributed by atoms with Gasteiger partial charge in [0, 0.05) is 17.9 Å². The van der Waals surface area contributed by atoms with Gasteiger partial charge in [-0.15, -0.1) is 0 Å². The largest absolute Gasteiger partial charge is 0.349 e. The summed E-state index contributed by atoms with van der Waals surface area (Å²) < 4.78 is 1.89. The molecule has 2 aliphatic carbocycles. The van der Waals surface area contributed by atoms with E-state index in [-0.39, 0.29) is 11.9 Å². The van der Waals surface area contributed by atoms with Gasteiger partial charge in [-0.25, -0.2) is 9.50 Å². The number of carbonyl (C=O) groups excluding carboxylic acids is 1. The molecule has 2 heterocycles. The van der Waals surface area contributed by atoms with Gasteiger partial charge in [0.2, 0.25) is 0 Å². The summed E-state index contributed by atoms with van der Waals surface area (Å²) in [6, 6.07) is 0.254. The minimum atomic E-state index is -0.0300. The summed E-state index contributed by atoms with van der Waals surface area (Å²) in [5.74, 6) is 1.84. The van der Waals surface area contributed by atoms with E-state index in [0.29, 0.717) is 29.0 Å². The second-order valence-electron chi connectivity index (χ2n) is 8.22. The zero-order valence-corrected chi connectivity index (χ0v) is 15.5. The van der Waals surface area contributed by atoms with Crippen LogP contribution in [0.25, 0.3) is 5.65 Å². The predicted molar refractivity (Wildman–Crippen MR) is 97.6 cm³/mol. The van der Waals surface area contributed by atoms with Crippen LogP contribution in [-0.4, -0.2) is 26.5 Å². The molecule has 25 heavy (non-hydrogen) atoms. The van der Waals surface area contributed by atoms with Crippen molar-refractivity contribution >= 4 is 11.6 Å². The monoisotopic (exact) mass is 340 g/mol. The summed E-state index contributed by atoms with van der Waals surface area (Å²) in [6.07, 6.45) is 10.4. The number of amides is 1. The lowest BCUT2D eigenvalue weighted by Crippen LogP contribution is -2.43. The van der Waals surface area contributed by atoms with E-state index in [2.05, 4.69) is 36.2 Å². The van der Waals surface area contributed by atoms with E-state index in [1.54, 1.807) is 6.20 Å². The first-order chi connectivity index (χ1) is 12.0. The summed E-state index contributed by atoms with van der Waals surface area (Å²) in [5.41, 5.74) is 3.80. The normalized spacial score (nSPS) is 29.4. The van der Waals surface area contributed by atoms with Crippen LogP contribution in [0.1, 0.15) is 68.1 Å². The fourth-order valence-corrected chi connectivity index (χ4v) is 4.50. The van der Waals surface area contributed by atoms with Crippen LogP contribution in [0.2, 0.25) is 0 Å². The number of rotatable bonds is 2. The van der Waals surface area contributed by atoms with Crippen molar-refractivity contribution in [3.63, 3.8) is 0 Å². The topological polar surface area (TPSA) is 59.3 Å². The third-order valence-corrected chi connectivity index (χ3v) is 6.42. The molecule has 1 N–H and O–H groups in total. The highest BCUT2D eigenvalue weighted by Gasteiger charge is 2.29. The molecule has 0 aromatic carbocycles. The number of aryl methyl sites for hydroxylation is 1. The first-order valence-electron chi connectivity index (χ1n) is 9.70. The van der Waals surface area contributed by atoms with E-state index < -0.39 is 0 Å². The Balaban J connectivity index is 1.60. The number of carbonyl (C=O) groups is 1. The number of aromatic nitrogens is 3. The van der Waals surface area contributed by atoms with E-state index in [9.17, 15) is 4.79 Å². The van der Waals surface area contributed by atoms with Crippen molar-refractivity contribution in [2.24, 2.45) is 17.8 Å². The van der Waals surface area contributed by atoms with Gasteiger partial charge in [-0.05, 0) is 49.0 Å². The minimum Gasteiger partial charge on any atom is -0.349 e. The lowest BCUT2D eigenvalue weighted by atomic mass is 9.78. The Morgan fingerprint density at radius 3 is 2.88 bits per heavy atom. The van der Waals surface area contributed by atoms with Gasteiger partial charge < -0.3 is 5.32 Å². The number of nitrogens with zero attached hydrogens (tertiary/aromatic N) is 3. The lowest BCUT2D eigenvalue weighted by Gasteiger charge is -2.34. The Morgan fingerprint density at radius 1 is 1.20 bits per heavy atom. The molecular weight excluding hydrogens is 312 g/mol. The Labute approximate surface area is 149 Å². The second kappa shape index (κ2) is 6.43. The highest BCUT2D eigenvalue weighted by Crippen LogP contribution is 2.30. The minimum absolute atomic E-state index is 0.0300. The summed E-state index contributed by atoms with van der Waals surface area (Å²) in [4.78, 5) is 17.4. The molecule has 4 atom stereocenters. The van der Waals surface area contributed by atoms with Crippen LogP contribution in [0.4, 0.5) is 0 Å². The van der Waals surface area contributed by atoms with Gasteiger partial charge in [0.25, 0.3) is 5.91 Å². The molecule has 1 amide bonds. The first kappa shape index (κ1) is 16.6. The quantitative estimate of drug-likeness (QED) is 0.911. The number of hydrogen-bond donors (Lipinski definition) is 1. The maximum atomic E-state index is 12.9. The molecule has 5 heteroatoms. The zero-order valence-electron chi connectivity index (χ0n) is 15.5. The van der Waals surface area contributed by atoms with E-state index >= 15 is 0 Å². The van der Waals surface area contributed by atoms with Crippen LogP contribution in [0.5, 0.6) is 0 Å². The maximum Gasteiger partial charge on any atom is 0.256 e. The standard InChI is InChI=1S/C20H28N4O/c1-12-7-8-18-15(9-12)10-21-19-16(11-22-24(18)19)20(25)23-17-6-4-5-13(2)14(17)3/h10-14,17H,4-9H2,1-3H3,(H,23,25)/t12-,13-,14+,17-/m1/s1. The number of hydrogen-bond acceptors (Lipinski definition) is 3. The summed E-state index contributed by atoms with van der Waals surface area (Å²) in [5, 5.41) is 7.75. The van der Waals surface area contributed by atoms with Gasteiger partial charge in [0.15, 0.2) is 5.65 Å². The molecule has 0 unspecified atom stereocenters. The summed E-state index contributed by atoms with van der Waals surface area (Å²) >= 11 is 0. The van der Waals surface area contributed by atoms with Crippen LogP contribution in [0, 0.1) is 17.8 Å². The van der Waals surface area contributed by atoms with Crippen LogP contribution >= 0.6 is 0 Å². The molecule has 134 valence electrons. The SMILES string of the molecule is C[C@@H]1CCc2c(cnc3c(C(=O)N[C@@H]4CCC[C@@H](C)[C@@H]4C)cnn23)C1. The first-order valence-corrected chi connectivity index (χ1v) is 9.70. The third kappa shape index (κ3) is 2.94. The van der Waals surface area contributed by atoms with Crippen molar-refractivity contribution in [2.75, 3.05) is 0 Å². The maximum absolute atomic E-state index is 12.9. The molecule has 2 aliphatic rings. The Hall–Kier alpha value is -1.91. The average molecular weight is 340 g/mol. The molecule has 1 saturated carbocycles. The van der Waals surface area contributed by atoms with Crippen LogP contribution in [-0.2, 0) is 12.8 Å². The van der Waals surface area contributed by atoms with Gasteiger partial charge in [0.05, 0.1) is 6.20 Å². The number of nitrogens with one attached hydrogen (secondary N) is 1. The number of fused-ring (bicyclic) bond motifs is 3. The van der Waals surface area contributed by atoms with Gasteiger partial charge in [-0.2, -0.15) is 5.10 Å². The second-order valence-corrected chi connectivity index (χ2v) is 8.22. The van der Waals surface area contributed by atoms with Crippen LogP contribution in [0.15, 0.2) is 12.4 Å². The Bertz CT molecular complexity index is 796. The molecule has 0 radical (unpaired) electrons. The molecule has 0 bridgehead atoms. The Kier molecular flexibility index (Phi) is 4.26. The van der Waals surface area contributed by atoms with Crippen LogP contribution in [0.3, 0.4) is 0 Å². The van der Waals surface area contributed by atoms with Crippen molar-refractivity contribution < 1.29 is 4.79 Å². The van der Waals surface area contributed by atoms with E-state index in [0.717, 1.165) is 19.3 Å². The van der Waals surface area contributed by atoms with Gasteiger partial charge in [0.1, 0.15) is 5.56 Å². The fourth-order valence-electron chi connectivity index (χ4n) is 4.50. The van der Waals surface area contributed by atoms with Gasteiger partial charge in [-0.3, -0.25) is 4.79 Å². The predicted octanol–water partition coefficient (Wildman–Crippen LogP) is 3.41. The highest BCUT2D eigenvalue weighted by atomic mass is 16.1. The molecule has 4 rings (SSSR count). The van der Waals surface area contributed by atoms with Gasteiger partial charge in [-0.1, -0.05) is 33.6 Å². The lowest BCUT2D eigenvalue weighted by molar-refractivity contribution is 0.0892. The van der Waals surface area contributed by atoms with Crippen molar-refractivity contribution in [3.05, 3.63) is 29.2 Å².